The Morgan fingerprint density at radius 1 is 0.611 bits per heavy atom. The van der Waals surface area contributed by atoms with Gasteiger partial charge in [0.1, 0.15) is 24.4 Å². The van der Waals surface area contributed by atoms with Crippen molar-refractivity contribution in [1.82, 2.24) is 5.32 Å². The minimum absolute atomic E-state index is 0.175. The molecule has 1 heterocycles. The maximum Gasteiger partial charge on any atom is 0.220 e. The van der Waals surface area contributed by atoms with Crippen LogP contribution in [-0.4, -0.2) is 87.5 Å². The number of aliphatic hydroxyl groups excluding tert-OH is 5. The Bertz CT molecular complexity index is 858. The summed E-state index contributed by atoms with van der Waals surface area (Å²) in [4.78, 5) is 12.9. The van der Waals surface area contributed by atoms with E-state index in [0.29, 0.717) is 6.42 Å². The molecule has 1 fully saturated rings. The lowest BCUT2D eigenvalue weighted by molar-refractivity contribution is -0.302. The van der Waals surface area contributed by atoms with Crippen molar-refractivity contribution in [1.29, 1.82) is 0 Å². The molecule has 9 nitrogen and oxygen atoms in total. The number of aliphatic hydroxyl groups is 5. The SMILES string of the molecule is CCCCCCCCCCCC/C=C/[C@@H](O)[C@H](CO[C@@H]1O[C@H](CO)[C@H](O)C(O)C1O)NC(=O)CCCCCCCCCCCCCCCCCCCCC. The molecule has 6 N–H and O–H groups in total. The molecule has 1 aliphatic rings. The van der Waals surface area contributed by atoms with Crippen LogP contribution in [0.2, 0.25) is 0 Å². The lowest BCUT2D eigenvalue weighted by atomic mass is 9.99. The zero-order valence-electron chi connectivity index (χ0n) is 35.0. The second kappa shape index (κ2) is 36.3. The minimum Gasteiger partial charge on any atom is -0.394 e. The first-order valence-electron chi connectivity index (χ1n) is 22.9. The first-order valence-corrected chi connectivity index (χ1v) is 22.9. The highest BCUT2D eigenvalue weighted by Crippen LogP contribution is 2.23. The van der Waals surface area contributed by atoms with E-state index in [1.54, 1.807) is 6.08 Å². The number of allylic oxidation sites excluding steroid dienone is 1. The molecule has 0 spiro atoms. The summed E-state index contributed by atoms with van der Waals surface area (Å²) >= 11 is 0. The van der Waals surface area contributed by atoms with E-state index in [4.69, 9.17) is 9.47 Å². The van der Waals surface area contributed by atoms with Gasteiger partial charge in [-0.1, -0.05) is 199 Å². The van der Waals surface area contributed by atoms with Gasteiger partial charge in [-0.05, 0) is 19.3 Å². The van der Waals surface area contributed by atoms with Crippen LogP contribution in [0.4, 0.5) is 0 Å². The first kappa shape index (κ1) is 50.9. The molecule has 0 aromatic heterocycles. The van der Waals surface area contributed by atoms with Gasteiger partial charge in [0.25, 0.3) is 0 Å². The molecule has 1 saturated heterocycles. The third-order valence-corrected chi connectivity index (χ3v) is 11.1. The maximum absolute atomic E-state index is 12.9. The normalized spacial score (nSPS) is 21.5. The van der Waals surface area contributed by atoms with Gasteiger partial charge in [0.15, 0.2) is 6.29 Å². The zero-order valence-corrected chi connectivity index (χ0v) is 35.0. The molecule has 1 rings (SSSR count). The van der Waals surface area contributed by atoms with Gasteiger partial charge in [0, 0.05) is 6.42 Å². The number of unbranched alkanes of at least 4 members (excludes halogenated alkanes) is 28. The van der Waals surface area contributed by atoms with Crippen molar-refractivity contribution in [3.8, 4) is 0 Å². The van der Waals surface area contributed by atoms with Crippen LogP contribution in [0.5, 0.6) is 0 Å². The Balaban J connectivity index is 2.31. The van der Waals surface area contributed by atoms with Crippen molar-refractivity contribution in [2.45, 2.75) is 256 Å². The minimum atomic E-state index is -1.56. The van der Waals surface area contributed by atoms with Gasteiger partial charge >= 0.3 is 0 Å². The second-order valence-corrected chi connectivity index (χ2v) is 16.2. The Hall–Kier alpha value is -1.07. The van der Waals surface area contributed by atoms with Crippen LogP contribution < -0.4 is 5.32 Å². The van der Waals surface area contributed by atoms with Crippen molar-refractivity contribution in [2.75, 3.05) is 13.2 Å². The third-order valence-electron chi connectivity index (χ3n) is 11.1. The molecule has 1 aliphatic heterocycles. The van der Waals surface area contributed by atoms with Gasteiger partial charge in [-0.2, -0.15) is 0 Å². The summed E-state index contributed by atoms with van der Waals surface area (Å²) in [6.07, 6.45) is 34.0. The van der Waals surface area contributed by atoms with Crippen LogP contribution in [0.3, 0.4) is 0 Å². The van der Waals surface area contributed by atoms with Gasteiger partial charge in [0.05, 0.1) is 25.4 Å². The van der Waals surface area contributed by atoms with Crippen LogP contribution in [0.25, 0.3) is 0 Å². The highest BCUT2D eigenvalue weighted by molar-refractivity contribution is 5.76. The van der Waals surface area contributed by atoms with Crippen molar-refractivity contribution in [3.63, 3.8) is 0 Å². The standard InChI is InChI=1S/C45H87NO8/c1-3-5-7-9-11-13-15-17-18-19-20-21-22-23-25-27-29-31-33-35-41(49)46-38(37-53-45-44(52)43(51)42(50)40(36-47)54-45)39(48)34-32-30-28-26-24-16-14-12-10-8-6-4-2/h32,34,38-40,42-45,47-48,50-52H,3-31,33,35-37H2,1-2H3,(H,46,49)/b34-32+/t38-,39+,40+,42-,43?,44?,45+/m0/s1. The first-order chi connectivity index (χ1) is 26.3. The summed E-state index contributed by atoms with van der Waals surface area (Å²) in [5.74, 6) is -0.175. The van der Waals surface area contributed by atoms with E-state index >= 15 is 0 Å². The van der Waals surface area contributed by atoms with Crippen LogP contribution in [0.15, 0.2) is 12.2 Å². The molecule has 2 unspecified atom stereocenters. The lowest BCUT2D eigenvalue weighted by Gasteiger charge is -2.40. The van der Waals surface area contributed by atoms with E-state index in [9.17, 15) is 30.3 Å². The molecule has 0 bridgehead atoms. The van der Waals surface area contributed by atoms with Crippen molar-refractivity contribution < 1.29 is 39.8 Å². The highest BCUT2D eigenvalue weighted by Gasteiger charge is 2.44. The Morgan fingerprint density at radius 3 is 1.44 bits per heavy atom. The van der Waals surface area contributed by atoms with Gasteiger partial charge in [0.2, 0.25) is 5.91 Å². The van der Waals surface area contributed by atoms with Gasteiger partial charge in [-0.15, -0.1) is 0 Å². The smallest absolute Gasteiger partial charge is 0.220 e. The lowest BCUT2D eigenvalue weighted by Crippen LogP contribution is -2.60. The maximum atomic E-state index is 12.9. The molecule has 7 atom stereocenters. The molecule has 0 radical (unpaired) electrons. The summed E-state index contributed by atoms with van der Waals surface area (Å²) in [6.45, 7) is 3.77. The molecule has 0 aliphatic carbocycles. The summed E-state index contributed by atoms with van der Waals surface area (Å²) in [5.41, 5.74) is 0. The second-order valence-electron chi connectivity index (χ2n) is 16.2. The molecule has 0 aromatic rings. The largest absolute Gasteiger partial charge is 0.394 e. The predicted molar refractivity (Wildman–Crippen MR) is 221 cm³/mol. The monoisotopic (exact) mass is 770 g/mol. The Kier molecular flexibility index (Phi) is 34.2. The van der Waals surface area contributed by atoms with Crippen LogP contribution >= 0.6 is 0 Å². The quantitative estimate of drug-likeness (QED) is 0.0269. The molecule has 320 valence electrons. The van der Waals surface area contributed by atoms with Crippen molar-refractivity contribution in [2.24, 2.45) is 0 Å². The molecule has 0 saturated carbocycles. The Labute approximate surface area is 331 Å². The number of carbonyl (C=O) groups is 1. The topological polar surface area (TPSA) is 149 Å². The molecule has 1 amide bonds. The van der Waals surface area contributed by atoms with Crippen LogP contribution in [-0.2, 0) is 14.3 Å². The molecule has 0 aromatic carbocycles. The third kappa shape index (κ3) is 26.7. The van der Waals surface area contributed by atoms with Crippen LogP contribution in [0, 0.1) is 0 Å². The summed E-state index contributed by atoms with van der Waals surface area (Å²) in [5, 5.41) is 54.1. The number of rotatable bonds is 38. The molecular formula is C45H87NO8. The van der Waals surface area contributed by atoms with E-state index in [1.807, 2.05) is 6.08 Å². The summed E-state index contributed by atoms with van der Waals surface area (Å²) in [6, 6.07) is -0.797. The number of ether oxygens (including phenoxy) is 2. The number of hydrogen-bond donors (Lipinski definition) is 6. The number of nitrogens with one attached hydrogen (secondary N) is 1. The number of amides is 1. The predicted octanol–water partition coefficient (Wildman–Crippen LogP) is 9.34. The van der Waals surface area contributed by atoms with Gasteiger partial charge in [-0.3, -0.25) is 4.79 Å². The fourth-order valence-electron chi connectivity index (χ4n) is 7.39. The fourth-order valence-corrected chi connectivity index (χ4v) is 7.39. The summed E-state index contributed by atoms with van der Waals surface area (Å²) < 4.78 is 11.2. The van der Waals surface area contributed by atoms with Gasteiger partial charge in [-0.25, -0.2) is 0 Å². The molecule has 9 heteroatoms. The number of hydrogen-bond acceptors (Lipinski definition) is 8. The van der Waals surface area contributed by atoms with Gasteiger partial charge < -0.3 is 40.3 Å². The fraction of sp³-hybridized carbons (Fsp3) is 0.933. The highest BCUT2D eigenvalue weighted by atomic mass is 16.7. The van der Waals surface area contributed by atoms with Crippen molar-refractivity contribution >= 4 is 5.91 Å². The molecule has 54 heavy (non-hydrogen) atoms. The van der Waals surface area contributed by atoms with E-state index < -0.39 is 49.5 Å². The van der Waals surface area contributed by atoms with E-state index in [1.165, 1.54) is 154 Å². The van der Waals surface area contributed by atoms with Crippen LogP contribution in [0.1, 0.15) is 213 Å². The number of carbonyl (C=O) groups excluding carboxylic acids is 1. The zero-order chi connectivity index (χ0) is 39.5. The summed E-state index contributed by atoms with van der Waals surface area (Å²) in [7, 11) is 0. The van der Waals surface area contributed by atoms with E-state index in [-0.39, 0.29) is 12.5 Å². The van der Waals surface area contributed by atoms with Crippen molar-refractivity contribution in [3.05, 3.63) is 12.2 Å². The van der Waals surface area contributed by atoms with E-state index in [2.05, 4.69) is 19.2 Å². The average molecular weight is 770 g/mol. The average Bonchev–Trinajstić information content (AvgIpc) is 3.17. The van der Waals surface area contributed by atoms with E-state index in [0.717, 1.165) is 38.5 Å². The molecular weight excluding hydrogens is 682 g/mol. The Morgan fingerprint density at radius 2 is 1.02 bits per heavy atom.